The van der Waals surface area contributed by atoms with E-state index in [0.29, 0.717) is 35.7 Å². The van der Waals surface area contributed by atoms with Crippen molar-refractivity contribution in [2.75, 3.05) is 5.32 Å². The largest absolute Gasteiger partial charge is 0.478 e. The van der Waals surface area contributed by atoms with Crippen molar-refractivity contribution in [1.29, 1.82) is 0 Å². The fourth-order valence-electron chi connectivity index (χ4n) is 3.30. The van der Waals surface area contributed by atoms with Gasteiger partial charge >= 0.3 is 5.97 Å². The molecule has 2 aromatic heterocycles. The number of carboxylic acids is 1. The Bertz CT molecular complexity index is 1370. The lowest BCUT2D eigenvalue weighted by atomic mass is 10.1. The van der Waals surface area contributed by atoms with Crippen LogP contribution in [0.4, 0.5) is 11.6 Å². The number of nitrogens with one attached hydrogen (secondary N) is 2. The quantitative estimate of drug-likeness (QED) is 0.345. The monoisotopic (exact) mass is 479 g/mol. The second kappa shape index (κ2) is 9.84. The normalized spacial score (nSPS) is 11.1. The second-order valence-corrected chi connectivity index (χ2v) is 8.48. The Kier molecular flexibility index (Phi) is 6.69. The van der Waals surface area contributed by atoms with Crippen molar-refractivity contribution in [3.8, 4) is 5.69 Å². The molecule has 0 aliphatic heterocycles. The number of rotatable bonds is 8. The van der Waals surface area contributed by atoms with Gasteiger partial charge in [-0.1, -0.05) is 42.8 Å². The zero-order chi connectivity index (χ0) is 24.2. The lowest BCUT2D eigenvalue weighted by Gasteiger charge is -2.09. The number of amides is 1. The molecular weight excluding hydrogens is 458 g/mol. The van der Waals surface area contributed by atoms with Gasteiger partial charge in [0.2, 0.25) is 11.9 Å². The third-order valence-electron chi connectivity index (χ3n) is 4.89. The maximum absolute atomic E-state index is 12.0. The minimum atomic E-state index is -1.11. The second-order valence-electron chi connectivity index (χ2n) is 8.07. The molecule has 0 aliphatic rings. The van der Waals surface area contributed by atoms with Crippen LogP contribution in [0, 0.1) is 5.92 Å². The number of hydrogen-bond donors (Lipinski definition) is 3. The van der Waals surface area contributed by atoms with Crippen LogP contribution in [0.3, 0.4) is 0 Å². The molecule has 4 rings (SSSR count). The molecule has 2 heterocycles. The summed E-state index contributed by atoms with van der Waals surface area (Å²) in [5.74, 6) is -0.536. The van der Waals surface area contributed by atoms with Crippen molar-refractivity contribution < 1.29 is 14.7 Å². The Morgan fingerprint density at radius 1 is 1.18 bits per heavy atom. The highest BCUT2D eigenvalue weighted by molar-refractivity contribution is 6.33. The summed E-state index contributed by atoms with van der Waals surface area (Å²) in [4.78, 5) is 31.9. The summed E-state index contributed by atoms with van der Waals surface area (Å²) >= 11 is 6.05. The van der Waals surface area contributed by atoms with E-state index in [0.717, 1.165) is 11.3 Å². The fourth-order valence-corrected chi connectivity index (χ4v) is 3.56. The lowest BCUT2D eigenvalue weighted by Crippen LogP contribution is -2.23. The summed E-state index contributed by atoms with van der Waals surface area (Å²) in [6.07, 6.45) is 2.02. The van der Waals surface area contributed by atoms with Gasteiger partial charge in [-0.05, 0) is 41.8 Å². The predicted molar refractivity (Wildman–Crippen MR) is 127 cm³/mol. The topological polar surface area (TPSA) is 135 Å². The number of nitrogens with zero attached hydrogens (tertiary/aromatic N) is 5. The van der Waals surface area contributed by atoms with Gasteiger partial charge in [0.05, 0.1) is 22.5 Å². The number of anilines is 2. The van der Waals surface area contributed by atoms with Gasteiger partial charge in [0, 0.05) is 18.7 Å². The van der Waals surface area contributed by atoms with Gasteiger partial charge in [-0.25, -0.2) is 9.78 Å². The number of aromatic carboxylic acids is 1. The van der Waals surface area contributed by atoms with Gasteiger partial charge < -0.3 is 15.7 Å². The average Bonchev–Trinajstić information content (AvgIpc) is 3.20. The van der Waals surface area contributed by atoms with Gasteiger partial charge in [0.1, 0.15) is 0 Å². The fraction of sp³-hybridized carbons (Fsp3) is 0.217. The van der Waals surface area contributed by atoms with Crippen LogP contribution in [0.25, 0.3) is 16.9 Å². The molecule has 3 N–H and O–H groups in total. The summed E-state index contributed by atoms with van der Waals surface area (Å²) in [6, 6.07) is 12.0. The molecule has 0 radical (unpaired) electrons. The van der Waals surface area contributed by atoms with E-state index in [1.165, 1.54) is 18.3 Å². The zero-order valence-corrected chi connectivity index (χ0v) is 19.2. The Labute approximate surface area is 200 Å². The molecule has 34 heavy (non-hydrogen) atoms. The van der Waals surface area contributed by atoms with Crippen molar-refractivity contribution in [2.24, 2.45) is 5.92 Å². The maximum atomic E-state index is 12.0. The lowest BCUT2D eigenvalue weighted by molar-refractivity contribution is -0.121. The predicted octanol–water partition coefficient (Wildman–Crippen LogP) is 3.97. The average molecular weight is 480 g/mol. The van der Waals surface area contributed by atoms with E-state index in [4.69, 9.17) is 16.7 Å². The first-order valence-electron chi connectivity index (χ1n) is 10.5. The van der Waals surface area contributed by atoms with Gasteiger partial charge in [-0.15, -0.1) is 5.10 Å². The van der Waals surface area contributed by atoms with Crippen molar-refractivity contribution >= 4 is 46.3 Å². The maximum Gasteiger partial charge on any atom is 0.337 e. The number of carboxylic acid groups (broad SMARTS) is 1. The van der Waals surface area contributed by atoms with Crippen LogP contribution in [-0.4, -0.2) is 41.9 Å². The van der Waals surface area contributed by atoms with Crippen LogP contribution in [-0.2, 0) is 11.3 Å². The molecule has 0 atom stereocenters. The molecular formula is C23H22ClN7O3. The molecule has 0 bridgehead atoms. The zero-order valence-electron chi connectivity index (χ0n) is 18.5. The van der Waals surface area contributed by atoms with Crippen molar-refractivity contribution in [1.82, 2.24) is 30.3 Å². The first-order valence-corrected chi connectivity index (χ1v) is 10.9. The van der Waals surface area contributed by atoms with E-state index in [2.05, 4.69) is 30.9 Å². The molecule has 0 saturated heterocycles. The van der Waals surface area contributed by atoms with Crippen LogP contribution < -0.4 is 10.6 Å². The third kappa shape index (κ3) is 5.29. The van der Waals surface area contributed by atoms with Gasteiger partial charge in [-0.2, -0.15) is 9.67 Å². The molecule has 0 spiro atoms. The van der Waals surface area contributed by atoms with Crippen LogP contribution in [0.1, 0.15) is 36.2 Å². The SMILES string of the molecule is CC(C)CC(=O)NCc1cccc(-n2nnc3cnc(Nc4ccc(C(=O)O)c(Cl)c4)nc32)c1. The van der Waals surface area contributed by atoms with Crippen molar-refractivity contribution in [2.45, 2.75) is 26.8 Å². The first-order chi connectivity index (χ1) is 16.3. The summed E-state index contributed by atoms with van der Waals surface area (Å²) < 4.78 is 1.59. The van der Waals surface area contributed by atoms with E-state index in [1.54, 1.807) is 10.7 Å². The van der Waals surface area contributed by atoms with Crippen molar-refractivity contribution in [3.63, 3.8) is 0 Å². The molecule has 10 nitrogen and oxygen atoms in total. The molecule has 174 valence electrons. The van der Waals surface area contributed by atoms with E-state index in [1.807, 2.05) is 38.1 Å². The molecule has 0 fully saturated rings. The number of aromatic nitrogens is 5. The third-order valence-corrected chi connectivity index (χ3v) is 5.20. The molecule has 11 heteroatoms. The van der Waals surface area contributed by atoms with Gasteiger partial charge in [0.25, 0.3) is 0 Å². The number of benzene rings is 2. The molecule has 0 aliphatic carbocycles. The number of halogens is 1. The highest BCUT2D eigenvalue weighted by Crippen LogP contribution is 2.24. The van der Waals surface area contributed by atoms with Crippen LogP contribution in [0.2, 0.25) is 5.02 Å². The number of fused-ring (bicyclic) bond motifs is 1. The Balaban J connectivity index is 1.57. The van der Waals surface area contributed by atoms with Crippen molar-refractivity contribution in [3.05, 3.63) is 64.8 Å². The molecule has 2 aromatic carbocycles. The first kappa shape index (κ1) is 23.1. The Morgan fingerprint density at radius 2 is 2.00 bits per heavy atom. The molecule has 1 amide bonds. The smallest absolute Gasteiger partial charge is 0.337 e. The summed E-state index contributed by atoms with van der Waals surface area (Å²) in [6.45, 7) is 4.41. The van der Waals surface area contributed by atoms with E-state index in [9.17, 15) is 9.59 Å². The highest BCUT2D eigenvalue weighted by Gasteiger charge is 2.13. The summed E-state index contributed by atoms with van der Waals surface area (Å²) in [5, 5.41) is 23.5. The number of hydrogen-bond acceptors (Lipinski definition) is 7. The minimum Gasteiger partial charge on any atom is -0.478 e. The number of carbonyl (C=O) groups excluding carboxylic acids is 1. The minimum absolute atomic E-state index is 0.00569. The van der Waals surface area contributed by atoms with E-state index < -0.39 is 5.97 Å². The van der Waals surface area contributed by atoms with Crippen LogP contribution >= 0.6 is 11.6 Å². The molecule has 0 saturated carbocycles. The summed E-state index contributed by atoms with van der Waals surface area (Å²) in [7, 11) is 0. The highest BCUT2D eigenvalue weighted by atomic mass is 35.5. The van der Waals surface area contributed by atoms with E-state index >= 15 is 0 Å². The Hall–Kier alpha value is -4.05. The van der Waals surface area contributed by atoms with Gasteiger partial charge in [-0.3, -0.25) is 4.79 Å². The summed E-state index contributed by atoms with van der Waals surface area (Å²) in [5.41, 5.74) is 3.17. The van der Waals surface area contributed by atoms with Crippen LogP contribution in [0.15, 0.2) is 48.7 Å². The standard InChI is InChI=1S/C23H22ClN7O3/c1-13(2)8-20(32)25-11-14-4-3-5-16(9-14)31-21-19(29-30-31)12-26-23(28-21)27-15-6-7-17(22(33)34)18(24)10-15/h3-7,9-10,12-13H,8,11H2,1-2H3,(H,25,32)(H,33,34)(H,26,27,28). The van der Waals surface area contributed by atoms with Gasteiger partial charge in [0.15, 0.2) is 11.2 Å². The Morgan fingerprint density at radius 3 is 2.74 bits per heavy atom. The van der Waals surface area contributed by atoms with E-state index in [-0.39, 0.29) is 22.4 Å². The molecule has 4 aromatic rings. The number of carbonyl (C=O) groups is 2. The van der Waals surface area contributed by atoms with Crippen LogP contribution in [0.5, 0.6) is 0 Å². The molecule has 0 unspecified atom stereocenters.